The molecule has 0 aliphatic carbocycles. The Hall–Kier alpha value is 0.880. The van der Waals surface area contributed by atoms with Crippen LogP contribution in [0.1, 0.15) is 15.3 Å². The van der Waals surface area contributed by atoms with Gasteiger partial charge >= 0.3 is 29.6 Å². The molecule has 0 radical (unpaired) electrons. The molecule has 0 unspecified atom stereocenters. The van der Waals surface area contributed by atoms with Crippen molar-refractivity contribution in [1.82, 2.24) is 0 Å². The van der Waals surface area contributed by atoms with Crippen LogP contribution in [0.5, 0.6) is 0 Å². The van der Waals surface area contributed by atoms with Gasteiger partial charge < -0.3 is 15.6 Å². The molecule has 70 valence electrons. The summed E-state index contributed by atoms with van der Waals surface area (Å²) in [6, 6.07) is 0. The molecule has 0 aromatic carbocycles. The van der Waals surface area contributed by atoms with Gasteiger partial charge in [-0.05, 0) is 13.8 Å². The second kappa shape index (κ2) is 14.4. The van der Waals surface area contributed by atoms with Crippen molar-refractivity contribution in [3.05, 3.63) is 0 Å². The standard InChI is InChI=1S/C8H18O3.Na.H/c1-3-9-5-7-11-8-6-10-4-2;;/h3-8H2,1-2H3;;/q;+1;-1. The van der Waals surface area contributed by atoms with Gasteiger partial charge in [0.15, 0.2) is 0 Å². The summed E-state index contributed by atoms with van der Waals surface area (Å²) in [5, 5.41) is 0. The predicted octanol–water partition coefficient (Wildman–Crippen LogP) is -1.81. The van der Waals surface area contributed by atoms with Crippen LogP contribution in [0.2, 0.25) is 0 Å². The summed E-state index contributed by atoms with van der Waals surface area (Å²) in [4.78, 5) is 0. The summed E-state index contributed by atoms with van der Waals surface area (Å²) >= 11 is 0. The van der Waals surface area contributed by atoms with Crippen LogP contribution in [0.4, 0.5) is 0 Å². The van der Waals surface area contributed by atoms with Gasteiger partial charge in [-0.25, -0.2) is 0 Å². The van der Waals surface area contributed by atoms with Crippen molar-refractivity contribution in [2.75, 3.05) is 39.6 Å². The van der Waals surface area contributed by atoms with E-state index in [1.54, 1.807) is 0 Å². The largest absolute Gasteiger partial charge is 1.00 e. The van der Waals surface area contributed by atoms with E-state index in [1.807, 2.05) is 13.8 Å². The molecule has 0 N–H and O–H groups in total. The summed E-state index contributed by atoms with van der Waals surface area (Å²) < 4.78 is 15.3. The van der Waals surface area contributed by atoms with Crippen LogP contribution in [-0.2, 0) is 14.2 Å². The first kappa shape index (κ1) is 15.4. The van der Waals surface area contributed by atoms with Gasteiger partial charge in [-0.2, -0.15) is 0 Å². The van der Waals surface area contributed by atoms with E-state index in [4.69, 9.17) is 14.2 Å². The van der Waals surface area contributed by atoms with Gasteiger partial charge in [0.05, 0.1) is 26.4 Å². The van der Waals surface area contributed by atoms with Gasteiger partial charge in [0.1, 0.15) is 0 Å². The summed E-state index contributed by atoms with van der Waals surface area (Å²) in [7, 11) is 0. The Kier molecular flexibility index (Phi) is 18.4. The van der Waals surface area contributed by atoms with Gasteiger partial charge in [0.2, 0.25) is 0 Å². The summed E-state index contributed by atoms with van der Waals surface area (Å²) in [6.45, 7) is 8.16. The molecule has 0 bridgehead atoms. The van der Waals surface area contributed by atoms with Crippen molar-refractivity contribution < 1.29 is 45.2 Å². The molecule has 0 aromatic rings. The molecule has 0 fully saturated rings. The number of hydrogen-bond acceptors (Lipinski definition) is 3. The van der Waals surface area contributed by atoms with E-state index in [0.29, 0.717) is 26.4 Å². The average molecular weight is 186 g/mol. The van der Waals surface area contributed by atoms with Gasteiger partial charge in [0.25, 0.3) is 0 Å². The molecule has 0 atom stereocenters. The predicted molar refractivity (Wildman–Crippen MR) is 44.9 cm³/mol. The van der Waals surface area contributed by atoms with E-state index in [1.165, 1.54) is 0 Å². The Morgan fingerprint density at radius 1 is 0.750 bits per heavy atom. The Morgan fingerprint density at radius 2 is 1.08 bits per heavy atom. The Labute approximate surface area is 98.5 Å². The fourth-order valence-corrected chi connectivity index (χ4v) is 0.626. The van der Waals surface area contributed by atoms with Gasteiger partial charge in [-0.3, -0.25) is 0 Å². The summed E-state index contributed by atoms with van der Waals surface area (Å²) in [6.07, 6.45) is 0. The third-order valence-corrected chi connectivity index (χ3v) is 1.15. The van der Waals surface area contributed by atoms with Crippen molar-refractivity contribution in [2.24, 2.45) is 0 Å². The minimum Gasteiger partial charge on any atom is -1.00 e. The van der Waals surface area contributed by atoms with Crippen molar-refractivity contribution in [2.45, 2.75) is 13.8 Å². The molecule has 0 amide bonds. The second-order valence-electron chi connectivity index (χ2n) is 2.01. The normalized spacial score (nSPS) is 9.50. The van der Waals surface area contributed by atoms with Crippen LogP contribution in [0, 0.1) is 0 Å². The molecule has 12 heavy (non-hydrogen) atoms. The Morgan fingerprint density at radius 3 is 1.42 bits per heavy atom. The topological polar surface area (TPSA) is 27.7 Å². The van der Waals surface area contributed by atoms with Crippen LogP contribution in [0.15, 0.2) is 0 Å². The second-order valence-corrected chi connectivity index (χ2v) is 2.01. The van der Waals surface area contributed by atoms with E-state index in [9.17, 15) is 0 Å². The number of rotatable bonds is 8. The van der Waals surface area contributed by atoms with E-state index in [-0.39, 0.29) is 31.0 Å². The Bertz CT molecular complexity index is 68.4. The minimum absolute atomic E-state index is 0. The monoisotopic (exact) mass is 186 g/mol. The zero-order valence-corrected chi connectivity index (χ0v) is 10.5. The first-order chi connectivity index (χ1) is 5.41. The third-order valence-electron chi connectivity index (χ3n) is 1.15. The zero-order chi connectivity index (χ0) is 8.36. The van der Waals surface area contributed by atoms with Gasteiger partial charge in [-0.15, -0.1) is 0 Å². The van der Waals surface area contributed by atoms with Gasteiger partial charge in [-0.1, -0.05) is 0 Å². The van der Waals surface area contributed by atoms with Crippen LogP contribution in [0.3, 0.4) is 0 Å². The first-order valence-corrected chi connectivity index (χ1v) is 4.15. The number of ether oxygens (including phenoxy) is 3. The molecule has 0 aromatic heterocycles. The fraction of sp³-hybridized carbons (Fsp3) is 1.00. The van der Waals surface area contributed by atoms with Crippen LogP contribution in [0.25, 0.3) is 0 Å². The minimum atomic E-state index is 0. The molecule has 0 saturated carbocycles. The molecule has 0 heterocycles. The summed E-state index contributed by atoms with van der Waals surface area (Å²) in [5.41, 5.74) is 0. The summed E-state index contributed by atoms with van der Waals surface area (Å²) in [5.74, 6) is 0. The molecular weight excluding hydrogens is 167 g/mol. The van der Waals surface area contributed by atoms with Gasteiger partial charge in [0, 0.05) is 13.2 Å². The fourth-order valence-electron chi connectivity index (χ4n) is 0.626. The number of hydrogen-bond donors (Lipinski definition) is 0. The third kappa shape index (κ3) is 13.5. The molecule has 4 heteroatoms. The van der Waals surface area contributed by atoms with E-state index < -0.39 is 0 Å². The molecule has 0 aliphatic rings. The molecular formula is C8H19NaO3. The Balaban J connectivity index is -0.000000500. The van der Waals surface area contributed by atoms with E-state index in [0.717, 1.165) is 13.2 Å². The van der Waals surface area contributed by atoms with Crippen LogP contribution in [-0.4, -0.2) is 39.6 Å². The first-order valence-electron chi connectivity index (χ1n) is 4.15. The van der Waals surface area contributed by atoms with Crippen molar-refractivity contribution in [3.8, 4) is 0 Å². The van der Waals surface area contributed by atoms with Crippen LogP contribution < -0.4 is 29.6 Å². The van der Waals surface area contributed by atoms with E-state index in [2.05, 4.69) is 0 Å². The van der Waals surface area contributed by atoms with Crippen molar-refractivity contribution >= 4 is 0 Å². The molecule has 0 spiro atoms. The van der Waals surface area contributed by atoms with Crippen LogP contribution >= 0.6 is 0 Å². The maximum Gasteiger partial charge on any atom is 1.00 e. The molecule has 0 saturated heterocycles. The molecule has 3 nitrogen and oxygen atoms in total. The van der Waals surface area contributed by atoms with Crippen molar-refractivity contribution in [1.29, 1.82) is 0 Å². The van der Waals surface area contributed by atoms with Crippen molar-refractivity contribution in [3.63, 3.8) is 0 Å². The SMILES string of the molecule is CCOCCOCCOCC.[H-].[Na+]. The smallest absolute Gasteiger partial charge is 1.00 e. The average Bonchev–Trinajstić information content (AvgIpc) is 2.03. The molecule has 0 aliphatic heterocycles. The maximum atomic E-state index is 5.19. The zero-order valence-electron chi connectivity index (χ0n) is 9.47. The maximum absolute atomic E-state index is 5.19. The van der Waals surface area contributed by atoms with E-state index >= 15 is 0 Å². The molecule has 0 rings (SSSR count). The quantitative estimate of drug-likeness (QED) is 0.330.